The number of rotatable bonds is 6. The van der Waals surface area contributed by atoms with Gasteiger partial charge in [-0.15, -0.1) is 11.3 Å². The summed E-state index contributed by atoms with van der Waals surface area (Å²) in [6, 6.07) is 4.81. The maximum Gasteiger partial charge on any atom is 0.228 e. The van der Waals surface area contributed by atoms with Crippen molar-refractivity contribution in [2.75, 3.05) is 54.8 Å². The third-order valence-electron chi connectivity index (χ3n) is 10.0. The number of fused-ring (bicyclic) bond motifs is 1. The smallest absolute Gasteiger partial charge is 0.228 e. The molecule has 2 aliphatic heterocycles. The molecule has 2 aliphatic carbocycles. The Kier molecular flexibility index (Phi) is 7.35. The number of nitrogens with zero attached hydrogens (tertiary/aromatic N) is 6. The molecule has 0 radical (unpaired) electrons. The summed E-state index contributed by atoms with van der Waals surface area (Å²) in [5, 5.41) is 22.8. The van der Waals surface area contributed by atoms with E-state index in [9.17, 15) is 5.26 Å². The molecule has 7 rings (SSSR count). The average molecular weight is 602 g/mol. The maximum atomic E-state index is 10.1. The number of nitriles is 1. The van der Waals surface area contributed by atoms with Crippen LogP contribution in [0.25, 0.3) is 11.4 Å². The summed E-state index contributed by atoms with van der Waals surface area (Å²) in [4.78, 5) is 16.4. The topological polar surface area (TPSA) is 132 Å². The molecule has 4 aliphatic rings. The Balaban J connectivity index is 1.36. The molecule has 0 bridgehead atoms. The van der Waals surface area contributed by atoms with Crippen LogP contribution in [0.2, 0.25) is 0 Å². The lowest BCUT2D eigenvalue weighted by Gasteiger charge is -2.36. The molecular weight excluding hydrogens is 558 g/mol. The van der Waals surface area contributed by atoms with Crippen molar-refractivity contribution in [3.63, 3.8) is 0 Å². The summed E-state index contributed by atoms with van der Waals surface area (Å²) in [7, 11) is 0. The molecule has 11 heteroatoms. The number of hydrogen-bond donors (Lipinski definition) is 3. The minimum atomic E-state index is -0.469. The zero-order valence-corrected chi connectivity index (χ0v) is 26.4. The summed E-state index contributed by atoms with van der Waals surface area (Å²) >= 11 is 1.55. The van der Waals surface area contributed by atoms with E-state index in [2.05, 4.69) is 53.3 Å². The molecule has 1 saturated carbocycles. The average Bonchev–Trinajstić information content (AvgIpc) is 3.53. The number of nitrogens with one attached hydrogen (secondary N) is 2. The Hall–Kier alpha value is -3.20. The lowest BCUT2D eigenvalue weighted by molar-refractivity contribution is 0.307. The van der Waals surface area contributed by atoms with Gasteiger partial charge in [0.25, 0.3) is 0 Å². The van der Waals surface area contributed by atoms with Gasteiger partial charge in [-0.1, -0.05) is 18.5 Å². The van der Waals surface area contributed by atoms with Crippen LogP contribution in [0.15, 0.2) is 10.6 Å². The van der Waals surface area contributed by atoms with Gasteiger partial charge in [-0.05, 0) is 70.9 Å². The van der Waals surface area contributed by atoms with E-state index in [-0.39, 0.29) is 11.6 Å². The second-order valence-corrected chi connectivity index (χ2v) is 14.3. The molecule has 0 unspecified atom stereocenters. The highest BCUT2D eigenvalue weighted by Crippen LogP contribution is 2.51. The van der Waals surface area contributed by atoms with Gasteiger partial charge >= 0.3 is 0 Å². The summed E-state index contributed by atoms with van der Waals surface area (Å²) in [6.07, 6.45) is 8.09. The molecule has 228 valence electrons. The van der Waals surface area contributed by atoms with E-state index in [0.717, 1.165) is 118 Å². The van der Waals surface area contributed by atoms with Gasteiger partial charge in [0, 0.05) is 60.8 Å². The van der Waals surface area contributed by atoms with Crippen molar-refractivity contribution >= 4 is 28.1 Å². The van der Waals surface area contributed by atoms with Crippen LogP contribution in [0, 0.1) is 11.3 Å². The fraction of sp³-hybridized carbons (Fsp3) is 0.625. The predicted octanol–water partition coefficient (Wildman–Crippen LogP) is 4.37. The van der Waals surface area contributed by atoms with Crippen LogP contribution in [0.4, 0.5) is 16.8 Å². The Morgan fingerprint density at radius 3 is 2.86 bits per heavy atom. The van der Waals surface area contributed by atoms with Crippen molar-refractivity contribution in [2.24, 2.45) is 0 Å². The van der Waals surface area contributed by atoms with Crippen molar-refractivity contribution in [3.8, 4) is 17.5 Å². The van der Waals surface area contributed by atoms with Gasteiger partial charge < -0.3 is 30.7 Å². The van der Waals surface area contributed by atoms with E-state index < -0.39 is 5.41 Å². The molecule has 10 nitrogen and oxygen atoms in total. The van der Waals surface area contributed by atoms with Crippen LogP contribution in [0.3, 0.4) is 0 Å². The first kappa shape index (κ1) is 28.6. The van der Waals surface area contributed by atoms with Crippen molar-refractivity contribution in [1.29, 1.82) is 5.26 Å². The molecular formula is C32H43N9OS. The first-order chi connectivity index (χ1) is 20.9. The minimum absolute atomic E-state index is 0.228. The van der Waals surface area contributed by atoms with Gasteiger partial charge in [-0.3, -0.25) is 0 Å². The maximum absolute atomic E-state index is 10.1. The van der Waals surface area contributed by atoms with Gasteiger partial charge in [0.05, 0.1) is 11.0 Å². The van der Waals surface area contributed by atoms with Gasteiger partial charge in [-0.25, -0.2) is 4.98 Å². The van der Waals surface area contributed by atoms with Gasteiger partial charge in [0.1, 0.15) is 28.3 Å². The molecule has 2 atom stereocenters. The lowest BCUT2D eigenvalue weighted by Crippen LogP contribution is -2.53. The third kappa shape index (κ3) is 4.97. The van der Waals surface area contributed by atoms with E-state index in [0.29, 0.717) is 10.6 Å². The minimum Gasteiger partial charge on any atom is -0.389 e. The molecule has 4 N–H and O–H groups in total. The van der Waals surface area contributed by atoms with Crippen LogP contribution in [-0.4, -0.2) is 66.0 Å². The standard InChI is InChI=1S/C32H43N9OS/c1-4-7-21-27(39-42-28(21)31(3)9-5-8-24-26(31)22(17-33)29(34)43-24)23-16-25(40-15-13-36-32(19-40)10-11-32)38-30(37-23)41-14-6-12-35-18-20(41)2/h16,20,35-36H,4-15,18-19,34H2,1-3H3/t20-,31-/m0/s1. The predicted molar refractivity (Wildman–Crippen MR) is 171 cm³/mol. The van der Waals surface area contributed by atoms with E-state index in [1.54, 1.807) is 11.3 Å². The normalized spacial score (nSPS) is 24.9. The number of thiophene rings is 1. The van der Waals surface area contributed by atoms with Gasteiger partial charge in [0.2, 0.25) is 5.95 Å². The largest absolute Gasteiger partial charge is 0.389 e. The highest BCUT2D eigenvalue weighted by molar-refractivity contribution is 7.16. The van der Waals surface area contributed by atoms with Crippen molar-refractivity contribution in [3.05, 3.63) is 33.4 Å². The zero-order chi connectivity index (χ0) is 29.8. The first-order valence-electron chi connectivity index (χ1n) is 16.0. The summed E-state index contributed by atoms with van der Waals surface area (Å²) in [6.45, 7) is 12.3. The highest BCUT2D eigenvalue weighted by atomic mass is 32.1. The third-order valence-corrected chi connectivity index (χ3v) is 11.1. The number of nitrogen functional groups attached to an aromatic ring is 1. The summed E-state index contributed by atoms with van der Waals surface area (Å²) < 4.78 is 6.36. The summed E-state index contributed by atoms with van der Waals surface area (Å²) in [5.41, 5.74) is 10.5. The fourth-order valence-electron chi connectivity index (χ4n) is 7.53. The SMILES string of the molecule is CCCc1c(-c2cc(N3CCNC4(CC4)C3)nc(N3CCCNC[C@@H]3C)n2)noc1[C@@]1(C)CCCc2sc(N)c(C#N)c21. The Morgan fingerprint density at radius 1 is 1.21 bits per heavy atom. The van der Waals surface area contributed by atoms with Crippen LogP contribution in [0.1, 0.15) is 86.6 Å². The van der Waals surface area contributed by atoms with Crippen LogP contribution >= 0.6 is 11.3 Å². The Labute approximate surface area is 258 Å². The molecule has 5 heterocycles. The first-order valence-corrected chi connectivity index (χ1v) is 16.8. The van der Waals surface area contributed by atoms with Crippen molar-refractivity contribution < 1.29 is 4.52 Å². The number of nitrogens with two attached hydrogens (primary N) is 1. The zero-order valence-electron chi connectivity index (χ0n) is 25.6. The second kappa shape index (κ2) is 11.1. The van der Waals surface area contributed by atoms with Gasteiger partial charge in [-0.2, -0.15) is 10.2 Å². The Morgan fingerprint density at radius 2 is 2.07 bits per heavy atom. The number of anilines is 3. The number of aromatic nitrogens is 3. The lowest BCUT2D eigenvalue weighted by atomic mass is 9.69. The van der Waals surface area contributed by atoms with Crippen LogP contribution in [-0.2, 0) is 18.3 Å². The summed E-state index contributed by atoms with van der Waals surface area (Å²) in [5.74, 6) is 2.59. The van der Waals surface area contributed by atoms with E-state index in [4.69, 9.17) is 25.4 Å². The quantitative estimate of drug-likeness (QED) is 0.374. The molecule has 3 aromatic heterocycles. The van der Waals surface area contributed by atoms with Gasteiger partial charge in [0.15, 0.2) is 5.76 Å². The van der Waals surface area contributed by atoms with E-state index in [1.165, 1.54) is 17.7 Å². The van der Waals surface area contributed by atoms with Crippen molar-refractivity contribution in [1.82, 2.24) is 25.8 Å². The Bertz CT molecular complexity index is 1550. The molecule has 43 heavy (non-hydrogen) atoms. The number of piperazine rings is 1. The highest BCUT2D eigenvalue weighted by Gasteiger charge is 2.46. The molecule has 0 amide bonds. The number of aryl methyl sites for hydroxylation is 1. The van der Waals surface area contributed by atoms with E-state index >= 15 is 0 Å². The van der Waals surface area contributed by atoms with Crippen LogP contribution < -0.4 is 26.2 Å². The molecule has 2 saturated heterocycles. The van der Waals surface area contributed by atoms with E-state index in [1.807, 2.05) is 0 Å². The molecule has 3 fully saturated rings. The molecule has 0 aromatic carbocycles. The second-order valence-electron chi connectivity index (χ2n) is 13.2. The van der Waals surface area contributed by atoms with Crippen LogP contribution in [0.5, 0.6) is 0 Å². The van der Waals surface area contributed by atoms with Crippen molar-refractivity contribution in [2.45, 2.75) is 89.1 Å². The molecule has 3 aromatic rings. The number of hydrogen-bond acceptors (Lipinski definition) is 11. The molecule has 1 spiro atoms. The fourth-order valence-corrected chi connectivity index (χ4v) is 8.72. The monoisotopic (exact) mass is 601 g/mol.